The van der Waals surface area contributed by atoms with Crippen LogP contribution in [0.5, 0.6) is 11.5 Å². The predicted molar refractivity (Wildman–Crippen MR) is 96.9 cm³/mol. The van der Waals surface area contributed by atoms with Gasteiger partial charge in [0.1, 0.15) is 11.9 Å². The molecule has 1 aromatic heterocycles. The van der Waals surface area contributed by atoms with Crippen molar-refractivity contribution in [2.75, 3.05) is 11.9 Å². The summed E-state index contributed by atoms with van der Waals surface area (Å²) in [6, 6.07) is 3.00. The van der Waals surface area contributed by atoms with Crippen LogP contribution in [0, 0.1) is 11.7 Å². The number of carbonyl (C=O) groups is 2. The van der Waals surface area contributed by atoms with E-state index in [4.69, 9.17) is 9.47 Å². The summed E-state index contributed by atoms with van der Waals surface area (Å²) in [7, 11) is 0. The monoisotopic (exact) mass is 430 g/mol. The van der Waals surface area contributed by atoms with Gasteiger partial charge in [-0.15, -0.1) is 11.3 Å². The van der Waals surface area contributed by atoms with Gasteiger partial charge in [0.15, 0.2) is 22.3 Å². The molecular weight excluding hydrogens is 413 g/mol. The molecule has 1 fully saturated rings. The first-order chi connectivity index (χ1) is 13.9. The first-order valence-electron chi connectivity index (χ1n) is 8.70. The molecule has 0 bridgehead atoms. The number of alkyl halides is 2. The molecule has 1 saturated carbocycles. The van der Waals surface area contributed by atoms with Crippen LogP contribution in [0.4, 0.5) is 18.3 Å². The SMILES string of the molecule is CCOC(=O)c1csc(NC(=O)[C@H]2C[C@H](Oc3cc(F)ccc3OC(F)F)C2)n1. The maximum absolute atomic E-state index is 13.4. The van der Waals surface area contributed by atoms with Crippen LogP contribution in [0.25, 0.3) is 0 Å². The summed E-state index contributed by atoms with van der Waals surface area (Å²) in [6.45, 7) is -1.17. The second kappa shape index (κ2) is 9.12. The summed E-state index contributed by atoms with van der Waals surface area (Å²) in [5, 5.41) is 4.36. The van der Waals surface area contributed by atoms with Gasteiger partial charge in [-0.25, -0.2) is 14.2 Å². The van der Waals surface area contributed by atoms with Crippen molar-refractivity contribution in [2.24, 2.45) is 5.92 Å². The number of hydrogen-bond acceptors (Lipinski definition) is 7. The van der Waals surface area contributed by atoms with Crippen LogP contribution in [0.1, 0.15) is 30.3 Å². The number of amides is 1. The maximum Gasteiger partial charge on any atom is 0.387 e. The van der Waals surface area contributed by atoms with Crippen LogP contribution < -0.4 is 14.8 Å². The number of anilines is 1. The Hall–Kier alpha value is -2.82. The lowest BCUT2D eigenvalue weighted by Crippen LogP contribution is -2.40. The number of benzene rings is 1. The highest BCUT2D eigenvalue weighted by Crippen LogP contribution is 2.37. The lowest BCUT2D eigenvalue weighted by molar-refractivity contribution is -0.125. The van der Waals surface area contributed by atoms with Crippen molar-refractivity contribution in [2.45, 2.75) is 32.5 Å². The van der Waals surface area contributed by atoms with Gasteiger partial charge in [-0.1, -0.05) is 0 Å². The standard InChI is InChI=1S/C18H17F3N2O5S/c1-2-26-16(25)12-8-29-18(22-12)23-15(24)9-5-11(6-9)27-14-7-10(19)3-4-13(14)28-17(20)21/h3-4,7-9,11,17H,2,5-6H2,1H3,(H,22,23,24)/t9-,11-. The maximum atomic E-state index is 13.4. The minimum absolute atomic E-state index is 0.111. The van der Waals surface area contributed by atoms with Gasteiger partial charge in [0.05, 0.1) is 6.61 Å². The van der Waals surface area contributed by atoms with Crippen molar-refractivity contribution >= 4 is 28.3 Å². The van der Waals surface area contributed by atoms with Crippen molar-refractivity contribution in [3.63, 3.8) is 0 Å². The topological polar surface area (TPSA) is 86.8 Å². The van der Waals surface area contributed by atoms with E-state index in [-0.39, 0.29) is 40.8 Å². The molecule has 1 heterocycles. The van der Waals surface area contributed by atoms with Gasteiger partial charge in [-0.05, 0) is 31.9 Å². The third-order valence-electron chi connectivity index (χ3n) is 4.10. The van der Waals surface area contributed by atoms with Crippen LogP contribution in [-0.2, 0) is 9.53 Å². The Labute approximate surface area is 167 Å². The van der Waals surface area contributed by atoms with Gasteiger partial charge >= 0.3 is 12.6 Å². The van der Waals surface area contributed by atoms with E-state index in [9.17, 15) is 22.8 Å². The molecule has 7 nitrogen and oxygen atoms in total. The van der Waals surface area contributed by atoms with Gasteiger partial charge in [0.2, 0.25) is 5.91 Å². The molecule has 0 unspecified atom stereocenters. The highest BCUT2D eigenvalue weighted by Gasteiger charge is 2.37. The number of nitrogens with zero attached hydrogens (tertiary/aromatic N) is 1. The zero-order valence-corrected chi connectivity index (χ0v) is 16.0. The second-order valence-electron chi connectivity index (χ2n) is 6.13. The van der Waals surface area contributed by atoms with Gasteiger partial charge in [0, 0.05) is 17.4 Å². The van der Waals surface area contributed by atoms with E-state index in [0.717, 1.165) is 29.5 Å². The summed E-state index contributed by atoms with van der Waals surface area (Å²) in [6.07, 6.45) is 0.179. The molecule has 0 atom stereocenters. The number of hydrogen-bond donors (Lipinski definition) is 1. The number of halogens is 3. The molecule has 0 saturated heterocycles. The van der Waals surface area contributed by atoms with Crippen molar-refractivity contribution in [3.8, 4) is 11.5 Å². The molecule has 1 aliphatic carbocycles. The van der Waals surface area contributed by atoms with E-state index in [1.165, 1.54) is 5.38 Å². The van der Waals surface area contributed by atoms with Crippen LogP contribution in [0.15, 0.2) is 23.6 Å². The Balaban J connectivity index is 1.52. The Morgan fingerprint density at radius 1 is 1.31 bits per heavy atom. The largest absolute Gasteiger partial charge is 0.486 e. The second-order valence-corrected chi connectivity index (χ2v) is 6.98. The molecule has 29 heavy (non-hydrogen) atoms. The van der Waals surface area contributed by atoms with E-state index < -0.39 is 24.5 Å². The molecule has 156 valence electrons. The number of aromatic nitrogens is 1. The summed E-state index contributed by atoms with van der Waals surface area (Å²) in [5.41, 5.74) is 0.111. The first kappa shape index (κ1) is 20.9. The third-order valence-corrected chi connectivity index (χ3v) is 4.86. The summed E-state index contributed by atoms with van der Waals surface area (Å²) >= 11 is 1.09. The molecule has 1 aromatic carbocycles. The normalized spacial score (nSPS) is 18.1. The Bertz CT molecular complexity index is 886. The molecule has 11 heteroatoms. The van der Waals surface area contributed by atoms with Crippen LogP contribution >= 0.6 is 11.3 Å². The Morgan fingerprint density at radius 3 is 2.76 bits per heavy atom. The highest BCUT2D eigenvalue weighted by atomic mass is 32.1. The predicted octanol–water partition coefficient (Wildman–Crippen LogP) is 3.86. The number of esters is 1. The van der Waals surface area contributed by atoms with Crippen molar-refractivity contribution in [3.05, 3.63) is 35.1 Å². The molecule has 1 aliphatic rings. The van der Waals surface area contributed by atoms with Crippen LogP contribution in [-0.4, -0.2) is 36.2 Å². The average Bonchev–Trinajstić information content (AvgIpc) is 3.08. The zero-order valence-electron chi connectivity index (χ0n) is 15.2. The number of nitrogens with one attached hydrogen (secondary N) is 1. The summed E-state index contributed by atoms with van der Waals surface area (Å²) < 4.78 is 52.9. The number of rotatable bonds is 8. The van der Waals surface area contributed by atoms with Crippen molar-refractivity contribution in [1.82, 2.24) is 4.98 Å². The number of carbonyl (C=O) groups excluding carboxylic acids is 2. The quantitative estimate of drug-likeness (QED) is 0.640. The minimum Gasteiger partial charge on any atom is -0.486 e. The molecule has 1 amide bonds. The van der Waals surface area contributed by atoms with E-state index in [2.05, 4.69) is 15.0 Å². The van der Waals surface area contributed by atoms with E-state index >= 15 is 0 Å². The summed E-state index contributed by atoms with van der Waals surface area (Å²) in [5.74, 6) is -2.34. The molecule has 0 spiro atoms. The minimum atomic E-state index is -3.07. The van der Waals surface area contributed by atoms with E-state index in [1.54, 1.807) is 6.92 Å². The Kier molecular flexibility index (Phi) is 6.57. The average molecular weight is 430 g/mol. The Morgan fingerprint density at radius 2 is 2.07 bits per heavy atom. The lowest BCUT2D eigenvalue weighted by atomic mass is 9.81. The van der Waals surface area contributed by atoms with Gasteiger partial charge in [0.25, 0.3) is 0 Å². The fraction of sp³-hybridized carbons (Fsp3) is 0.389. The molecule has 1 N–H and O–H groups in total. The first-order valence-corrected chi connectivity index (χ1v) is 9.58. The lowest BCUT2D eigenvalue weighted by Gasteiger charge is -2.34. The number of ether oxygens (including phenoxy) is 3. The molecule has 0 radical (unpaired) electrons. The number of thiazole rings is 1. The van der Waals surface area contributed by atoms with Gasteiger partial charge < -0.3 is 19.5 Å². The molecular formula is C18H17F3N2O5S. The van der Waals surface area contributed by atoms with Crippen LogP contribution in [0.3, 0.4) is 0 Å². The third kappa shape index (κ3) is 5.37. The fourth-order valence-corrected chi connectivity index (χ4v) is 3.34. The van der Waals surface area contributed by atoms with Crippen molar-refractivity contribution < 1.29 is 37.0 Å². The molecule has 0 aliphatic heterocycles. The van der Waals surface area contributed by atoms with Crippen molar-refractivity contribution in [1.29, 1.82) is 0 Å². The molecule has 2 aromatic rings. The molecule has 3 rings (SSSR count). The van der Waals surface area contributed by atoms with E-state index in [0.29, 0.717) is 12.8 Å². The highest BCUT2D eigenvalue weighted by molar-refractivity contribution is 7.14. The van der Waals surface area contributed by atoms with Crippen LogP contribution in [0.2, 0.25) is 0 Å². The summed E-state index contributed by atoms with van der Waals surface area (Å²) in [4.78, 5) is 27.8. The van der Waals surface area contributed by atoms with Gasteiger partial charge in [-0.2, -0.15) is 8.78 Å². The zero-order chi connectivity index (χ0) is 21.0. The van der Waals surface area contributed by atoms with E-state index in [1.807, 2.05) is 0 Å². The van der Waals surface area contributed by atoms with Gasteiger partial charge in [-0.3, -0.25) is 4.79 Å². The smallest absolute Gasteiger partial charge is 0.387 e. The fourth-order valence-electron chi connectivity index (χ4n) is 2.66.